The lowest BCUT2D eigenvalue weighted by Crippen LogP contribution is -2.13. The van der Waals surface area contributed by atoms with Gasteiger partial charge >= 0.3 is 12.1 Å². The van der Waals surface area contributed by atoms with Gasteiger partial charge in [-0.25, -0.2) is 9.78 Å². The fraction of sp³-hybridized carbons (Fsp3) is 0.692. The molecule has 1 heterocycles. The molecule has 0 saturated heterocycles. The van der Waals surface area contributed by atoms with Gasteiger partial charge in [0.2, 0.25) is 5.76 Å². The van der Waals surface area contributed by atoms with E-state index < -0.39 is 23.6 Å². The molecule has 0 bridgehead atoms. The summed E-state index contributed by atoms with van der Waals surface area (Å²) in [6, 6.07) is 0. The normalized spacial score (nSPS) is 14.3. The lowest BCUT2D eigenvalue weighted by Gasteiger charge is -2.22. The molecule has 1 N–H and O–H groups in total. The van der Waals surface area contributed by atoms with Crippen LogP contribution >= 0.6 is 0 Å². The number of carboxylic acids is 1. The van der Waals surface area contributed by atoms with E-state index >= 15 is 0 Å². The summed E-state index contributed by atoms with van der Waals surface area (Å²) in [5, 5.41) is 8.73. The maximum atomic E-state index is 12.6. The van der Waals surface area contributed by atoms with Gasteiger partial charge in [0.05, 0.1) is 0 Å². The predicted molar refractivity (Wildman–Crippen MR) is 65.4 cm³/mol. The molecule has 0 aliphatic carbocycles. The van der Waals surface area contributed by atoms with Gasteiger partial charge in [-0.15, -0.1) is 0 Å². The zero-order valence-electron chi connectivity index (χ0n) is 11.8. The van der Waals surface area contributed by atoms with Crippen molar-refractivity contribution in [2.24, 2.45) is 11.3 Å². The minimum absolute atomic E-state index is 0.0223. The number of rotatable bonds is 4. The molecule has 0 saturated carbocycles. The maximum absolute atomic E-state index is 12.6. The summed E-state index contributed by atoms with van der Waals surface area (Å²) in [6.07, 6.45) is -3.89. The SMILES string of the molecule is CC(Cc1nc(C(F)(F)F)c(C(=O)O)o1)CC(C)(C)C. The number of alkyl halides is 3. The quantitative estimate of drug-likeness (QED) is 0.911. The van der Waals surface area contributed by atoms with E-state index in [9.17, 15) is 18.0 Å². The molecular weight excluding hydrogens is 275 g/mol. The average molecular weight is 293 g/mol. The summed E-state index contributed by atoms with van der Waals surface area (Å²) >= 11 is 0. The lowest BCUT2D eigenvalue weighted by molar-refractivity contribution is -0.141. The monoisotopic (exact) mass is 293 g/mol. The van der Waals surface area contributed by atoms with Crippen LogP contribution in [0.15, 0.2) is 4.42 Å². The first-order valence-electron chi connectivity index (χ1n) is 6.20. The second-order valence-electron chi connectivity index (χ2n) is 6.16. The highest BCUT2D eigenvalue weighted by atomic mass is 19.4. The molecule has 1 atom stereocenters. The van der Waals surface area contributed by atoms with Gasteiger partial charge in [-0.05, 0) is 17.8 Å². The van der Waals surface area contributed by atoms with Gasteiger partial charge in [-0.1, -0.05) is 27.7 Å². The number of carboxylic acid groups (broad SMARTS) is 1. The maximum Gasteiger partial charge on any atom is 0.437 e. The fourth-order valence-electron chi connectivity index (χ4n) is 2.20. The number of nitrogens with zero attached hydrogens (tertiary/aromatic N) is 1. The number of halogens is 3. The summed E-state index contributed by atoms with van der Waals surface area (Å²) in [5.41, 5.74) is -1.45. The molecule has 0 fully saturated rings. The highest BCUT2D eigenvalue weighted by Gasteiger charge is 2.41. The van der Waals surface area contributed by atoms with Crippen molar-refractivity contribution in [2.45, 2.75) is 46.7 Å². The van der Waals surface area contributed by atoms with E-state index in [1.54, 1.807) is 0 Å². The van der Waals surface area contributed by atoms with E-state index in [1.165, 1.54) is 0 Å². The van der Waals surface area contributed by atoms with E-state index in [-0.39, 0.29) is 23.6 Å². The minimum atomic E-state index is -4.83. The molecule has 1 unspecified atom stereocenters. The Morgan fingerprint density at radius 2 is 1.90 bits per heavy atom. The number of aromatic nitrogens is 1. The first-order valence-corrected chi connectivity index (χ1v) is 6.20. The van der Waals surface area contributed by atoms with Crippen molar-refractivity contribution in [3.8, 4) is 0 Å². The third-order valence-corrected chi connectivity index (χ3v) is 2.62. The van der Waals surface area contributed by atoms with E-state index in [1.807, 2.05) is 27.7 Å². The van der Waals surface area contributed by atoms with Crippen LogP contribution in [0.4, 0.5) is 13.2 Å². The topological polar surface area (TPSA) is 63.3 Å². The van der Waals surface area contributed by atoms with Gasteiger partial charge in [-0.3, -0.25) is 0 Å². The van der Waals surface area contributed by atoms with Crippen molar-refractivity contribution < 1.29 is 27.5 Å². The standard InChI is InChI=1S/C13H18F3NO3/c1-7(6-12(2,3)4)5-8-17-10(13(14,15)16)9(20-8)11(18)19/h7H,5-6H2,1-4H3,(H,18,19). The van der Waals surface area contributed by atoms with Crippen LogP contribution in [-0.2, 0) is 12.6 Å². The molecule has 1 rings (SSSR count). The van der Waals surface area contributed by atoms with Gasteiger partial charge in [0, 0.05) is 6.42 Å². The number of hydrogen-bond acceptors (Lipinski definition) is 3. The minimum Gasteiger partial charge on any atom is -0.475 e. The summed E-state index contributed by atoms with van der Waals surface area (Å²) in [4.78, 5) is 14.1. The molecule has 0 aliphatic rings. The Morgan fingerprint density at radius 1 is 1.35 bits per heavy atom. The Morgan fingerprint density at radius 3 is 2.25 bits per heavy atom. The van der Waals surface area contributed by atoms with E-state index in [4.69, 9.17) is 9.52 Å². The van der Waals surface area contributed by atoms with Crippen molar-refractivity contribution in [3.05, 3.63) is 17.3 Å². The fourth-order valence-corrected chi connectivity index (χ4v) is 2.20. The Bertz CT molecular complexity index is 486. The van der Waals surface area contributed by atoms with Crippen LogP contribution in [0.2, 0.25) is 0 Å². The molecule has 7 heteroatoms. The zero-order valence-corrected chi connectivity index (χ0v) is 11.8. The lowest BCUT2D eigenvalue weighted by atomic mass is 9.84. The molecule has 0 aromatic carbocycles. The van der Waals surface area contributed by atoms with Crippen molar-refractivity contribution in [2.75, 3.05) is 0 Å². The first-order chi connectivity index (χ1) is 8.90. The second kappa shape index (κ2) is 5.46. The first kappa shape index (κ1) is 16.5. The van der Waals surface area contributed by atoms with Crippen LogP contribution in [0.3, 0.4) is 0 Å². The molecule has 1 aromatic heterocycles. The smallest absolute Gasteiger partial charge is 0.437 e. The van der Waals surface area contributed by atoms with Crippen LogP contribution in [0.1, 0.15) is 56.3 Å². The largest absolute Gasteiger partial charge is 0.475 e. The molecule has 20 heavy (non-hydrogen) atoms. The van der Waals surface area contributed by atoms with Crippen LogP contribution in [0.25, 0.3) is 0 Å². The molecule has 0 spiro atoms. The van der Waals surface area contributed by atoms with Gasteiger partial charge in [0.1, 0.15) is 0 Å². The zero-order chi connectivity index (χ0) is 15.7. The van der Waals surface area contributed by atoms with Crippen molar-refractivity contribution in [1.29, 1.82) is 0 Å². The summed E-state index contributed by atoms with van der Waals surface area (Å²) in [6.45, 7) is 7.91. The molecule has 1 aromatic rings. The Labute approximate surface area is 115 Å². The van der Waals surface area contributed by atoms with E-state index in [0.29, 0.717) is 0 Å². The third kappa shape index (κ3) is 4.54. The predicted octanol–water partition coefficient (Wildman–Crippen LogP) is 4.01. The van der Waals surface area contributed by atoms with Crippen LogP contribution in [-0.4, -0.2) is 16.1 Å². The Hall–Kier alpha value is -1.53. The van der Waals surface area contributed by atoms with Crippen LogP contribution in [0.5, 0.6) is 0 Å². The molecular formula is C13H18F3NO3. The van der Waals surface area contributed by atoms with Crippen molar-refractivity contribution in [3.63, 3.8) is 0 Å². The number of hydrogen-bond donors (Lipinski definition) is 1. The third-order valence-electron chi connectivity index (χ3n) is 2.62. The average Bonchev–Trinajstić information content (AvgIpc) is 2.57. The van der Waals surface area contributed by atoms with Crippen LogP contribution < -0.4 is 0 Å². The molecule has 114 valence electrons. The Kier molecular flexibility index (Phi) is 4.51. The van der Waals surface area contributed by atoms with Gasteiger partial charge in [0.15, 0.2) is 11.6 Å². The Balaban J connectivity index is 2.96. The molecule has 0 amide bonds. The number of carbonyl (C=O) groups is 1. The molecule has 0 radical (unpaired) electrons. The summed E-state index contributed by atoms with van der Waals surface area (Å²) in [5.74, 6) is -3.06. The number of oxazole rings is 1. The van der Waals surface area contributed by atoms with Gasteiger partial charge < -0.3 is 9.52 Å². The van der Waals surface area contributed by atoms with E-state index in [0.717, 1.165) is 6.42 Å². The second-order valence-corrected chi connectivity index (χ2v) is 6.16. The van der Waals surface area contributed by atoms with E-state index in [2.05, 4.69) is 4.98 Å². The molecule has 0 aliphatic heterocycles. The summed E-state index contributed by atoms with van der Waals surface area (Å²) < 4.78 is 42.7. The highest BCUT2D eigenvalue weighted by Crippen LogP contribution is 2.33. The van der Waals surface area contributed by atoms with Crippen molar-refractivity contribution in [1.82, 2.24) is 4.98 Å². The van der Waals surface area contributed by atoms with Gasteiger partial charge in [0.25, 0.3) is 0 Å². The number of aromatic carboxylic acids is 1. The van der Waals surface area contributed by atoms with Crippen molar-refractivity contribution >= 4 is 5.97 Å². The highest BCUT2D eigenvalue weighted by molar-refractivity contribution is 5.85. The van der Waals surface area contributed by atoms with Gasteiger partial charge in [-0.2, -0.15) is 13.2 Å². The molecule has 4 nitrogen and oxygen atoms in total. The summed E-state index contributed by atoms with van der Waals surface area (Å²) in [7, 11) is 0. The van der Waals surface area contributed by atoms with Crippen LogP contribution in [0, 0.1) is 11.3 Å².